The number of amides is 1. The van der Waals surface area contributed by atoms with Gasteiger partial charge in [0, 0.05) is 11.4 Å². The topological polar surface area (TPSA) is 66.6 Å². The zero-order chi connectivity index (χ0) is 15.7. The third-order valence-electron chi connectivity index (χ3n) is 4.10. The molecule has 3 rings (SSSR count). The number of aromatic nitrogens is 1. The summed E-state index contributed by atoms with van der Waals surface area (Å²) in [5.74, 6) is 0.593. The Bertz CT molecular complexity index is 648. The highest BCUT2D eigenvalue weighted by Gasteiger charge is 2.32. The number of piperidine rings is 1. The second-order valence-corrected chi connectivity index (χ2v) is 6.91. The summed E-state index contributed by atoms with van der Waals surface area (Å²) in [6.07, 6.45) is 3.95. The number of carbonyl (C=O) groups is 1. The summed E-state index contributed by atoms with van der Waals surface area (Å²) in [5, 5.41) is 10.7. The molecule has 2 unspecified atom stereocenters. The number of furan rings is 1. The Morgan fingerprint density at radius 3 is 3.05 bits per heavy atom. The van der Waals surface area contributed by atoms with E-state index < -0.39 is 6.10 Å². The van der Waals surface area contributed by atoms with E-state index in [1.54, 1.807) is 18.1 Å². The normalized spacial score (nSPS) is 20.1. The molecule has 0 spiro atoms. The molecule has 1 saturated heterocycles. The Balaban J connectivity index is 1.88. The summed E-state index contributed by atoms with van der Waals surface area (Å²) in [6, 6.07) is 3.53. The van der Waals surface area contributed by atoms with Crippen LogP contribution < -0.4 is 0 Å². The van der Waals surface area contributed by atoms with Crippen molar-refractivity contribution < 1.29 is 14.3 Å². The second kappa shape index (κ2) is 6.22. The van der Waals surface area contributed by atoms with Crippen LogP contribution in [0.5, 0.6) is 0 Å². The fourth-order valence-corrected chi connectivity index (χ4v) is 3.82. The van der Waals surface area contributed by atoms with Crippen LogP contribution in [0.2, 0.25) is 0 Å². The molecule has 1 N–H and O–H groups in total. The highest BCUT2D eigenvalue weighted by atomic mass is 32.1. The van der Waals surface area contributed by atoms with Crippen LogP contribution in [0.25, 0.3) is 10.8 Å². The second-order valence-electron chi connectivity index (χ2n) is 5.70. The van der Waals surface area contributed by atoms with Gasteiger partial charge in [-0.2, -0.15) is 0 Å². The number of aliphatic hydroxyl groups excluding tert-OH is 1. The summed E-state index contributed by atoms with van der Waals surface area (Å²) in [5.41, 5.74) is 0.476. The molecule has 2 atom stereocenters. The largest absolute Gasteiger partial charge is 0.462 e. The van der Waals surface area contributed by atoms with Crippen LogP contribution in [0.1, 0.15) is 41.6 Å². The first-order chi connectivity index (χ1) is 10.6. The van der Waals surface area contributed by atoms with Gasteiger partial charge in [-0.1, -0.05) is 0 Å². The number of aliphatic hydroxyl groups is 1. The maximum absolute atomic E-state index is 12.8. The van der Waals surface area contributed by atoms with Crippen LogP contribution in [-0.2, 0) is 0 Å². The van der Waals surface area contributed by atoms with Crippen molar-refractivity contribution in [3.05, 3.63) is 29.0 Å². The third kappa shape index (κ3) is 2.80. The molecule has 6 heteroatoms. The van der Waals surface area contributed by atoms with E-state index in [0.29, 0.717) is 18.0 Å². The minimum atomic E-state index is -0.521. The first kappa shape index (κ1) is 15.2. The molecule has 2 aromatic rings. The monoisotopic (exact) mass is 320 g/mol. The summed E-state index contributed by atoms with van der Waals surface area (Å²) in [4.78, 5) is 20.0. The number of rotatable bonds is 3. The van der Waals surface area contributed by atoms with Crippen LogP contribution in [0.3, 0.4) is 0 Å². The molecule has 1 amide bonds. The molecular formula is C16H20N2O3S. The third-order valence-corrected chi connectivity index (χ3v) is 5.08. The zero-order valence-electron chi connectivity index (χ0n) is 12.8. The predicted octanol–water partition coefficient (Wildman–Crippen LogP) is 3.09. The lowest BCUT2D eigenvalue weighted by Crippen LogP contribution is -2.49. The molecule has 0 aliphatic carbocycles. The summed E-state index contributed by atoms with van der Waals surface area (Å²) in [6.45, 7) is 4.33. The quantitative estimate of drug-likeness (QED) is 0.944. The van der Waals surface area contributed by atoms with Gasteiger partial charge in [0.05, 0.1) is 18.4 Å². The van der Waals surface area contributed by atoms with Crippen LogP contribution in [0.15, 0.2) is 22.8 Å². The summed E-state index contributed by atoms with van der Waals surface area (Å²) >= 11 is 1.46. The smallest absolute Gasteiger partial charge is 0.273 e. The number of carbonyl (C=O) groups excluding carboxylic acids is 1. The zero-order valence-corrected chi connectivity index (χ0v) is 13.6. The Morgan fingerprint density at radius 2 is 2.36 bits per heavy atom. The van der Waals surface area contributed by atoms with Crippen molar-refractivity contribution in [2.75, 3.05) is 6.54 Å². The fraction of sp³-hybridized carbons (Fsp3) is 0.500. The van der Waals surface area contributed by atoms with Crippen LogP contribution >= 0.6 is 11.3 Å². The van der Waals surface area contributed by atoms with Crippen molar-refractivity contribution in [1.29, 1.82) is 0 Å². The first-order valence-electron chi connectivity index (χ1n) is 7.58. The Morgan fingerprint density at radius 1 is 1.55 bits per heavy atom. The molecule has 2 aromatic heterocycles. The molecule has 5 nitrogen and oxygen atoms in total. The van der Waals surface area contributed by atoms with E-state index in [9.17, 15) is 9.90 Å². The van der Waals surface area contributed by atoms with E-state index >= 15 is 0 Å². The van der Waals surface area contributed by atoms with Gasteiger partial charge in [0.2, 0.25) is 0 Å². The van der Waals surface area contributed by atoms with E-state index in [4.69, 9.17) is 4.42 Å². The van der Waals surface area contributed by atoms with Crippen LogP contribution in [0.4, 0.5) is 0 Å². The van der Waals surface area contributed by atoms with Gasteiger partial charge >= 0.3 is 0 Å². The van der Waals surface area contributed by atoms with Gasteiger partial charge in [0.1, 0.15) is 5.69 Å². The van der Waals surface area contributed by atoms with Crippen molar-refractivity contribution in [1.82, 2.24) is 9.88 Å². The molecule has 0 bridgehead atoms. The lowest BCUT2D eigenvalue weighted by Gasteiger charge is -2.37. The first-order valence-corrected chi connectivity index (χ1v) is 8.40. The molecule has 0 radical (unpaired) electrons. The van der Waals surface area contributed by atoms with E-state index in [2.05, 4.69) is 4.98 Å². The Labute approximate surface area is 133 Å². The lowest BCUT2D eigenvalue weighted by molar-refractivity contribution is 0.0276. The molecule has 3 heterocycles. The number of nitrogens with zero attached hydrogens (tertiary/aromatic N) is 2. The lowest BCUT2D eigenvalue weighted by atomic mass is 9.97. The minimum Gasteiger partial charge on any atom is -0.462 e. The molecular weight excluding hydrogens is 300 g/mol. The van der Waals surface area contributed by atoms with Crippen LogP contribution in [0, 0.1) is 6.92 Å². The average molecular weight is 320 g/mol. The molecule has 22 heavy (non-hydrogen) atoms. The highest BCUT2D eigenvalue weighted by Crippen LogP contribution is 2.30. The van der Waals surface area contributed by atoms with Gasteiger partial charge in [-0.05, 0) is 45.2 Å². The summed E-state index contributed by atoms with van der Waals surface area (Å²) < 4.78 is 5.36. The average Bonchev–Trinajstić information content (AvgIpc) is 3.15. The fourth-order valence-electron chi connectivity index (χ4n) is 2.95. The van der Waals surface area contributed by atoms with Crippen molar-refractivity contribution in [3.8, 4) is 10.8 Å². The standard InChI is InChI=1S/C16H20N2O3S/c1-10(19)12-6-3-4-8-18(12)16(20)14-11(2)22-15(17-14)13-7-5-9-21-13/h5,7,9-10,12,19H,3-4,6,8H2,1-2H3. The molecule has 1 fully saturated rings. The van der Waals surface area contributed by atoms with Gasteiger partial charge in [-0.15, -0.1) is 11.3 Å². The Hall–Kier alpha value is -1.66. The summed E-state index contributed by atoms with van der Waals surface area (Å²) in [7, 11) is 0. The van der Waals surface area contributed by atoms with Gasteiger partial charge in [0.25, 0.3) is 5.91 Å². The van der Waals surface area contributed by atoms with Crippen molar-refractivity contribution in [2.24, 2.45) is 0 Å². The number of aryl methyl sites for hydroxylation is 1. The minimum absolute atomic E-state index is 0.0860. The Kier molecular flexibility index (Phi) is 4.31. The number of likely N-dealkylation sites (tertiary alicyclic amines) is 1. The van der Waals surface area contributed by atoms with E-state index in [1.165, 1.54) is 11.3 Å². The van der Waals surface area contributed by atoms with Gasteiger partial charge in [0.15, 0.2) is 10.8 Å². The van der Waals surface area contributed by atoms with Crippen LogP contribution in [-0.4, -0.2) is 39.6 Å². The maximum atomic E-state index is 12.8. The van der Waals surface area contributed by atoms with Gasteiger partial charge < -0.3 is 14.4 Å². The predicted molar refractivity (Wildman–Crippen MR) is 84.9 cm³/mol. The molecule has 0 aromatic carbocycles. The molecule has 118 valence electrons. The van der Waals surface area contributed by atoms with Gasteiger partial charge in [-0.25, -0.2) is 4.98 Å². The SMILES string of the molecule is Cc1sc(-c2ccco2)nc1C(=O)N1CCCCC1C(C)O. The van der Waals surface area contributed by atoms with Crippen molar-refractivity contribution in [2.45, 2.75) is 45.3 Å². The van der Waals surface area contributed by atoms with E-state index in [0.717, 1.165) is 29.1 Å². The maximum Gasteiger partial charge on any atom is 0.273 e. The highest BCUT2D eigenvalue weighted by molar-refractivity contribution is 7.15. The molecule has 0 saturated carbocycles. The van der Waals surface area contributed by atoms with E-state index in [-0.39, 0.29) is 11.9 Å². The molecule has 1 aliphatic rings. The molecule has 1 aliphatic heterocycles. The number of thiazole rings is 1. The van der Waals surface area contributed by atoms with Crippen molar-refractivity contribution >= 4 is 17.2 Å². The number of hydrogen-bond acceptors (Lipinski definition) is 5. The van der Waals surface area contributed by atoms with E-state index in [1.807, 2.05) is 19.1 Å². The number of hydrogen-bond donors (Lipinski definition) is 1. The van der Waals surface area contributed by atoms with Gasteiger partial charge in [-0.3, -0.25) is 4.79 Å². The van der Waals surface area contributed by atoms with Crippen molar-refractivity contribution in [3.63, 3.8) is 0 Å².